The Hall–Kier alpha value is -0.220. The van der Waals surface area contributed by atoms with E-state index in [4.69, 9.17) is 4.74 Å². The van der Waals surface area contributed by atoms with Crippen molar-refractivity contribution >= 4 is 17.7 Å². The molecule has 19 heavy (non-hydrogen) atoms. The van der Waals surface area contributed by atoms with Crippen molar-refractivity contribution in [2.45, 2.75) is 65.0 Å². The highest BCUT2D eigenvalue weighted by Crippen LogP contribution is 2.40. The van der Waals surface area contributed by atoms with Gasteiger partial charge in [-0.05, 0) is 57.5 Å². The molecule has 0 aromatic heterocycles. The van der Waals surface area contributed by atoms with Crippen LogP contribution in [0.15, 0.2) is 0 Å². The van der Waals surface area contributed by atoms with E-state index in [0.29, 0.717) is 18.6 Å². The van der Waals surface area contributed by atoms with Crippen LogP contribution in [-0.2, 0) is 9.53 Å². The molecule has 3 nitrogen and oxygen atoms in total. The number of carbonyl (C=O) groups excluding carboxylic acids is 1. The zero-order valence-corrected chi connectivity index (χ0v) is 13.6. The lowest BCUT2D eigenvalue weighted by Gasteiger charge is -2.36. The molecule has 2 atom stereocenters. The van der Waals surface area contributed by atoms with Crippen LogP contribution in [0.2, 0.25) is 0 Å². The van der Waals surface area contributed by atoms with Gasteiger partial charge in [0.05, 0.1) is 6.61 Å². The molecule has 1 saturated carbocycles. The van der Waals surface area contributed by atoms with Gasteiger partial charge in [0.25, 0.3) is 0 Å². The van der Waals surface area contributed by atoms with E-state index < -0.39 is 5.54 Å². The van der Waals surface area contributed by atoms with Gasteiger partial charge < -0.3 is 4.74 Å². The van der Waals surface area contributed by atoms with Crippen LogP contribution in [0.25, 0.3) is 0 Å². The van der Waals surface area contributed by atoms with Crippen molar-refractivity contribution in [2.75, 3.05) is 18.1 Å². The smallest absolute Gasteiger partial charge is 0.326 e. The number of rotatable bonds is 8. The van der Waals surface area contributed by atoms with E-state index in [1.54, 1.807) is 0 Å². The summed E-state index contributed by atoms with van der Waals surface area (Å²) < 4.78 is 5.36. The van der Waals surface area contributed by atoms with E-state index in [1.807, 2.05) is 18.7 Å². The lowest BCUT2D eigenvalue weighted by atomic mass is 9.84. The second kappa shape index (κ2) is 8.15. The van der Waals surface area contributed by atoms with Gasteiger partial charge in [0.2, 0.25) is 0 Å². The van der Waals surface area contributed by atoms with Crippen molar-refractivity contribution in [1.29, 1.82) is 0 Å². The van der Waals surface area contributed by atoms with Gasteiger partial charge in [-0.25, -0.2) is 0 Å². The SMILES string of the molecule is CCOC(=O)C1(NC(C)C)CCCC1CCSCC. The van der Waals surface area contributed by atoms with Gasteiger partial charge in [0, 0.05) is 6.04 Å². The molecule has 0 aromatic carbocycles. The van der Waals surface area contributed by atoms with Gasteiger partial charge in [-0.15, -0.1) is 0 Å². The Morgan fingerprint density at radius 2 is 2.21 bits per heavy atom. The van der Waals surface area contributed by atoms with E-state index in [2.05, 4.69) is 26.1 Å². The molecular weight excluding hydrogens is 258 g/mol. The fourth-order valence-corrected chi connectivity index (χ4v) is 3.87. The van der Waals surface area contributed by atoms with Crippen molar-refractivity contribution in [3.8, 4) is 0 Å². The fourth-order valence-electron chi connectivity index (χ4n) is 3.13. The molecule has 0 aromatic rings. The molecule has 1 aliphatic carbocycles. The molecule has 0 amide bonds. The highest BCUT2D eigenvalue weighted by Gasteiger charge is 2.49. The molecule has 2 unspecified atom stereocenters. The van der Waals surface area contributed by atoms with E-state index in [9.17, 15) is 4.79 Å². The number of hydrogen-bond donors (Lipinski definition) is 1. The summed E-state index contributed by atoms with van der Waals surface area (Å²) in [6.07, 6.45) is 4.30. The van der Waals surface area contributed by atoms with E-state index in [1.165, 1.54) is 0 Å². The molecule has 1 aliphatic rings. The normalized spacial score (nSPS) is 26.9. The number of thioether (sulfide) groups is 1. The van der Waals surface area contributed by atoms with Crippen molar-refractivity contribution in [2.24, 2.45) is 5.92 Å². The molecule has 4 heteroatoms. The summed E-state index contributed by atoms with van der Waals surface area (Å²) in [5.41, 5.74) is -0.432. The summed E-state index contributed by atoms with van der Waals surface area (Å²) in [6, 6.07) is 0.309. The summed E-state index contributed by atoms with van der Waals surface area (Å²) in [7, 11) is 0. The highest BCUT2D eigenvalue weighted by atomic mass is 32.2. The summed E-state index contributed by atoms with van der Waals surface area (Å²) in [6.45, 7) is 8.76. The topological polar surface area (TPSA) is 38.3 Å². The molecule has 0 spiro atoms. The van der Waals surface area contributed by atoms with Crippen LogP contribution in [0, 0.1) is 5.92 Å². The van der Waals surface area contributed by atoms with Crippen LogP contribution < -0.4 is 5.32 Å². The number of hydrogen-bond acceptors (Lipinski definition) is 4. The van der Waals surface area contributed by atoms with Crippen molar-refractivity contribution < 1.29 is 9.53 Å². The third-order valence-electron chi connectivity index (χ3n) is 3.82. The molecule has 1 N–H and O–H groups in total. The summed E-state index contributed by atoms with van der Waals surface area (Å²) >= 11 is 1.96. The molecule has 1 rings (SSSR count). The van der Waals surface area contributed by atoms with Crippen LogP contribution in [0.4, 0.5) is 0 Å². The Bertz CT molecular complexity index is 283. The number of carbonyl (C=O) groups is 1. The third kappa shape index (κ3) is 4.38. The van der Waals surface area contributed by atoms with Crippen LogP contribution in [0.1, 0.15) is 53.4 Å². The summed E-state index contributed by atoms with van der Waals surface area (Å²) in [5, 5.41) is 3.53. The molecule has 0 heterocycles. The number of esters is 1. The lowest BCUT2D eigenvalue weighted by molar-refractivity contribution is -0.153. The Labute approximate surface area is 122 Å². The molecule has 0 radical (unpaired) electrons. The van der Waals surface area contributed by atoms with Crippen LogP contribution >= 0.6 is 11.8 Å². The Morgan fingerprint density at radius 1 is 1.47 bits per heavy atom. The average Bonchev–Trinajstić information content (AvgIpc) is 2.73. The first-order chi connectivity index (χ1) is 9.06. The van der Waals surface area contributed by atoms with Crippen LogP contribution in [0.5, 0.6) is 0 Å². The zero-order chi connectivity index (χ0) is 14.3. The maximum absolute atomic E-state index is 12.5. The Morgan fingerprint density at radius 3 is 2.79 bits per heavy atom. The van der Waals surface area contributed by atoms with E-state index in [0.717, 1.165) is 37.2 Å². The summed E-state index contributed by atoms with van der Waals surface area (Å²) in [5.74, 6) is 2.68. The standard InChI is InChI=1S/C15H29NO2S/c1-5-18-14(17)15(16-12(3)4)10-7-8-13(15)9-11-19-6-2/h12-13,16H,5-11H2,1-4H3. The molecule has 0 saturated heterocycles. The van der Waals surface area contributed by atoms with E-state index in [-0.39, 0.29) is 5.97 Å². The first kappa shape index (κ1) is 16.8. The molecular formula is C15H29NO2S. The van der Waals surface area contributed by atoms with E-state index >= 15 is 0 Å². The maximum atomic E-state index is 12.5. The van der Waals surface area contributed by atoms with Crippen LogP contribution in [-0.4, -0.2) is 35.7 Å². The Balaban J connectivity index is 2.77. The predicted molar refractivity (Wildman–Crippen MR) is 82.6 cm³/mol. The monoisotopic (exact) mass is 287 g/mol. The summed E-state index contributed by atoms with van der Waals surface area (Å²) in [4.78, 5) is 12.5. The largest absolute Gasteiger partial charge is 0.465 e. The van der Waals surface area contributed by atoms with Gasteiger partial charge in [-0.3, -0.25) is 10.1 Å². The average molecular weight is 287 g/mol. The maximum Gasteiger partial charge on any atom is 0.326 e. The first-order valence-corrected chi connectivity index (χ1v) is 8.75. The quantitative estimate of drug-likeness (QED) is 0.549. The van der Waals surface area contributed by atoms with Crippen LogP contribution in [0.3, 0.4) is 0 Å². The second-order valence-electron chi connectivity index (χ2n) is 5.57. The minimum Gasteiger partial charge on any atom is -0.465 e. The van der Waals surface area contributed by atoms with Gasteiger partial charge in [-0.2, -0.15) is 11.8 Å². The van der Waals surface area contributed by atoms with Gasteiger partial charge in [0.15, 0.2) is 0 Å². The fraction of sp³-hybridized carbons (Fsp3) is 0.933. The van der Waals surface area contributed by atoms with Crippen molar-refractivity contribution in [3.05, 3.63) is 0 Å². The minimum atomic E-state index is -0.432. The second-order valence-corrected chi connectivity index (χ2v) is 6.96. The first-order valence-electron chi connectivity index (χ1n) is 7.59. The van der Waals surface area contributed by atoms with Crippen molar-refractivity contribution in [3.63, 3.8) is 0 Å². The molecule has 0 aliphatic heterocycles. The molecule has 0 bridgehead atoms. The zero-order valence-electron chi connectivity index (χ0n) is 12.8. The van der Waals surface area contributed by atoms with Crippen molar-refractivity contribution in [1.82, 2.24) is 5.32 Å². The molecule has 1 fully saturated rings. The Kier molecular flexibility index (Phi) is 7.22. The predicted octanol–water partition coefficient (Wildman–Crippen LogP) is 3.23. The molecule has 112 valence electrons. The minimum absolute atomic E-state index is 0.0345. The number of ether oxygens (including phenoxy) is 1. The van der Waals surface area contributed by atoms with Gasteiger partial charge >= 0.3 is 5.97 Å². The number of nitrogens with one attached hydrogen (secondary N) is 1. The highest BCUT2D eigenvalue weighted by molar-refractivity contribution is 7.99. The van der Waals surface area contributed by atoms with Gasteiger partial charge in [0.1, 0.15) is 5.54 Å². The third-order valence-corrected chi connectivity index (χ3v) is 4.75. The van der Waals surface area contributed by atoms with Gasteiger partial charge in [-0.1, -0.05) is 13.3 Å². The lowest BCUT2D eigenvalue weighted by Crippen LogP contribution is -2.58.